The standard InChI is InChI=1S/C14H16N6/c1-10-9-13(16-12-6-3-2-5-11(10)12)14-17-18-19-20(14)8-4-7-15/h2-3,5-6,9H,4,7-8,15H2,1H3. The molecule has 0 atom stereocenters. The van der Waals surface area contributed by atoms with E-state index in [4.69, 9.17) is 5.73 Å². The van der Waals surface area contributed by atoms with E-state index in [2.05, 4.69) is 33.5 Å². The Kier molecular flexibility index (Phi) is 3.39. The molecule has 3 rings (SSSR count). The Bertz CT molecular complexity index is 733. The third-order valence-electron chi connectivity index (χ3n) is 3.26. The minimum atomic E-state index is 0.615. The van der Waals surface area contributed by atoms with Gasteiger partial charge in [-0.2, -0.15) is 0 Å². The van der Waals surface area contributed by atoms with Gasteiger partial charge < -0.3 is 5.73 Å². The molecule has 0 radical (unpaired) electrons. The molecule has 0 saturated carbocycles. The zero-order chi connectivity index (χ0) is 13.9. The lowest BCUT2D eigenvalue weighted by atomic mass is 10.1. The summed E-state index contributed by atoms with van der Waals surface area (Å²) >= 11 is 0. The number of aryl methyl sites for hydroxylation is 2. The third kappa shape index (κ3) is 2.25. The molecule has 102 valence electrons. The van der Waals surface area contributed by atoms with Gasteiger partial charge in [-0.1, -0.05) is 18.2 Å². The quantitative estimate of drug-likeness (QED) is 0.776. The van der Waals surface area contributed by atoms with Crippen LogP contribution in [0.3, 0.4) is 0 Å². The number of para-hydroxylation sites is 1. The molecule has 6 nitrogen and oxygen atoms in total. The van der Waals surface area contributed by atoms with Gasteiger partial charge >= 0.3 is 0 Å². The van der Waals surface area contributed by atoms with E-state index in [0.717, 1.165) is 23.0 Å². The smallest absolute Gasteiger partial charge is 0.200 e. The molecule has 1 aromatic carbocycles. The van der Waals surface area contributed by atoms with Crippen LogP contribution < -0.4 is 5.73 Å². The predicted molar refractivity (Wildman–Crippen MR) is 77.0 cm³/mol. The number of hydrogen-bond donors (Lipinski definition) is 1. The van der Waals surface area contributed by atoms with Gasteiger partial charge in [-0.25, -0.2) is 9.67 Å². The van der Waals surface area contributed by atoms with Crippen LogP contribution in [0.15, 0.2) is 30.3 Å². The molecule has 0 aliphatic carbocycles. The van der Waals surface area contributed by atoms with Crippen LogP contribution in [0.2, 0.25) is 0 Å². The summed E-state index contributed by atoms with van der Waals surface area (Å²) in [7, 11) is 0. The van der Waals surface area contributed by atoms with E-state index in [-0.39, 0.29) is 0 Å². The lowest BCUT2D eigenvalue weighted by Crippen LogP contribution is -2.09. The van der Waals surface area contributed by atoms with Crippen LogP contribution in [0.5, 0.6) is 0 Å². The van der Waals surface area contributed by atoms with Crippen LogP contribution in [0.1, 0.15) is 12.0 Å². The van der Waals surface area contributed by atoms with Gasteiger partial charge in [0.2, 0.25) is 5.82 Å². The lowest BCUT2D eigenvalue weighted by Gasteiger charge is -2.06. The van der Waals surface area contributed by atoms with Crippen molar-refractivity contribution >= 4 is 10.9 Å². The van der Waals surface area contributed by atoms with Gasteiger partial charge in [-0.3, -0.25) is 0 Å². The molecule has 0 aliphatic heterocycles. The van der Waals surface area contributed by atoms with Crippen molar-refractivity contribution < 1.29 is 0 Å². The second-order valence-electron chi connectivity index (χ2n) is 4.71. The van der Waals surface area contributed by atoms with Crippen LogP contribution in [0, 0.1) is 6.92 Å². The highest BCUT2D eigenvalue weighted by molar-refractivity contribution is 5.84. The second kappa shape index (κ2) is 5.34. The van der Waals surface area contributed by atoms with Crippen LogP contribution in [-0.4, -0.2) is 31.7 Å². The maximum Gasteiger partial charge on any atom is 0.200 e. The number of benzene rings is 1. The number of aromatic nitrogens is 5. The number of hydrogen-bond acceptors (Lipinski definition) is 5. The largest absolute Gasteiger partial charge is 0.330 e. The summed E-state index contributed by atoms with van der Waals surface area (Å²) in [6.45, 7) is 3.39. The summed E-state index contributed by atoms with van der Waals surface area (Å²) in [6.07, 6.45) is 0.838. The fourth-order valence-corrected chi connectivity index (χ4v) is 2.24. The third-order valence-corrected chi connectivity index (χ3v) is 3.26. The first-order chi connectivity index (χ1) is 9.79. The van der Waals surface area contributed by atoms with E-state index in [9.17, 15) is 0 Å². The van der Waals surface area contributed by atoms with E-state index in [1.54, 1.807) is 4.68 Å². The molecular weight excluding hydrogens is 252 g/mol. The highest BCUT2D eigenvalue weighted by Crippen LogP contribution is 2.22. The van der Waals surface area contributed by atoms with E-state index in [1.165, 1.54) is 5.56 Å². The van der Waals surface area contributed by atoms with Crippen molar-refractivity contribution in [2.75, 3.05) is 6.54 Å². The first kappa shape index (κ1) is 12.7. The maximum absolute atomic E-state index is 5.53. The summed E-state index contributed by atoms with van der Waals surface area (Å²) in [6, 6.07) is 10.1. The van der Waals surface area contributed by atoms with Gasteiger partial charge in [-0.15, -0.1) is 5.10 Å². The van der Waals surface area contributed by atoms with Crippen molar-refractivity contribution in [2.24, 2.45) is 5.73 Å². The molecule has 0 fully saturated rings. The molecule has 0 aliphatic rings. The molecule has 2 aromatic heterocycles. The van der Waals surface area contributed by atoms with E-state index >= 15 is 0 Å². The zero-order valence-corrected chi connectivity index (χ0v) is 11.3. The Morgan fingerprint density at radius 1 is 1.25 bits per heavy atom. The van der Waals surface area contributed by atoms with Crippen LogP contribution >= 0.6 is 0 Å². The summed E-state index contributed by atoms with van der Waals surface area (Å²) < 4.78 is 1.75. The van der Waals surface area contributed by atoms with Crippen LogP contribution in [0.4, 0.5) is 0 Å². The number of fused-ring (bicyclic) bond motifs is 1. The maximum atomic E-state index is 5.53. The zero-order valence-electron chi connectivity index (χ0n) is 11.3. The predicted octanol–water partition coefficient (Wildman–Crippen LogP) is 1.55. The molecule has 2 heterocycles. The van der Waals surface area contributed by atoms with Crippen molar-refractivity contribution in [3.8, 4) is 11.5 Å². The average molecular weight is 268 g/mol. The fraction of sp³-hybridized carbons (Fsp3) is 0.286. The van der Waals surface area contributed by atoms with Gasteiger partial charge in [0, 0.05) is 11.9 Å². The van der Waals surface area contributed by atoms with Gasteiger partial charge in [0.25, 0.3) is 0 Å². The minimum absolute atomic E-state index is 0.615. The first-order valence-corrected chi connectivity index (χ1v) is 6.62. The Labute approximate surface area is 116 Å². The Hall–Kier alpha value is -2.34. The van der Waals surface area contributed by atoms with Gasteiger partial charge in [0.05, 0.1) is 5.52 Å². The minimum Gasteiger partial charge on any atom is -0.330 e. The van der Waals surface area contributed by atoms with Crippen molar-refractivity contribution in [3.63, 3.8) is 0 Å². The van der Waals surface area contributed by atoms with E-state index < -0.39 is 0 Å². The number of nitrogens with two attached hydrogens (primary N) is 1. The Morgan fingerprint density at radius 2 is 2.10 bits per heavy atom. The lowest BCUT2D eigenvalue weighted by molar-refractivity contribution is 0.568. The second-order valence-corrected chi connectivity index (χ2v) is 4.71. The van der Waals surface area contributed by atoms with Crippen molar-refractivity contribution in [2.45, 2.75) is 19.9 Å². The number of pyridine rings is 1. The van der Waals surface area contributed by atoms with E-state index in [1.807, 2.05) is 24.3 Å². The number of nitrogens with zero attached hydrogens (tertiary/aromatic N) is 5. The van der Waals surface area contributed by atoms with Gasteiger partial charge in [0.15, 0.2) is 0 Å². The molecule has 0 unspecified atom stereocenters. The highest BCUT2D eigenvalue weighted by atomic mass is 15.5. The van der Waals surface area contributed by atoms with Crippen molar-refractivity contribution in [1.82, 2.24) is 25.2 Å². The molecule has 2 N–H and O–H groups in total. The summed E-state index contributed by atoms with van der Waals surface area (Å²) in [5.41, 5.74) is 8.45. The monoisotopic (exact) mass is 268 g/mol. The van der Waals surface area contributed by atoms with Gasteiger partial charge in [-0.05, 0) is 48.0 Å². The molecule has 0 saturated heterocycles. The molecule has 0 amide bonds. The summed E-state index contributed by atoms with van der Waals surface area (Å²) in [5.74, 6) is 0.687. The topological polar surface area (TPSA) is 82.5 Å². The Morgan fingerprint density at radius 3 is 2.95 bits per heavy atom. The van der Waals surface area contributed by atoms with Crippen LogP contribution in [0.25, 0.3) is 22.4 Å². The van der Waals surface area contributed by atoms with Crippen molar-refractivity contribution in [1.29, 1.82) is 0 Å². The van der Waals surface area contributed by atoms with Crippen LogP contribution in [-0.2, 0) is 6.54 Å². The normalized spacial score (nSPS) is 11.1. The van der Waals surface area contributed by atoms with E-state index in [0.29, 0.717) is 18.9 Å². The van der Waals surface area contributed by atoms with Gasteiger partial charge in [0.1, 0.15) is 5.69 Å². The summed E-state index contributed by atoms with van der Waals surface area (Å²) in [5, 5.41) is 13.0. The Balaban J connectivity index is 2.08. The first-order valence-electron chi connectivity index (χ1n) is 6.62. The summed E-state index contributed by atoms with van der Waals surface area (Å²) in [4.78, 5) is 4.65. The molecule has 0 bridgehead atoms. The fourth-order valence-electron chi connectivity index (χ4n) is 2.24. The molecule has 20 heavy (non-hydrogen) atoms. The number of rotatable bonds is 4. The molecule has 6 heteroatoms. The molecule has 0 spiro atoms. The SMILES string of the molecule is Cc1cc(-c2nnnn2CCCN)nc2ccccc12. The number of tetrazole rings is 1. The van der Waals surface area contributed by atoms with Crippen molar-refractivity contribution in [3.05, 3.63) is 35.9 Å². The average Bonchev–Trinajstić information content (AvgIpc) is 2.93. The highest BCUT2D eigenvalue weighted by Gasteiger charge is 2.12. The molecular formula is C14H16N6. The molecule has 3 aromatic rings.